The van der Waals surface area contributed by atoms with Gasteiger partial charge < -0.3 is 15.4 Å². The van der Waals surface area contributed by atoms with Crippen LogP contribution >= 0.6 is 11.6 Å². The van der Waals surface area contributed by atoms with E-state index in [0.29, 0.717) is 23.4 Å². The summed E-state index contributed by atoms with van der Waals surface area (Å²) >= 11 is 6.04. The number of carbonyl (C=O) groups is 1. The van der Waals surface area contributed by atoms with Crippen molar-refractivity contribution >= 4 is 17.5 Å². The zero-order chi connectivity index (χ0) is 15.5. The monoisotopic (exact) mass is 310 g/mol. The number of ether oxygens (including phenoxy) is 1. The van der Waals surface area contributed by atoms with E-state index in [2.05, 4.69) is 31.4 Å². The van der Waals surface area contributed by atoms with Crippen LogP contribution in [0.5, 0.6) is 5.75 Å². The Morgan fingerprint density at radius 2 is 2.10 bits per heavy atom. The van der Waals surface area contributed by atoms with Gasteiger partial charge in [0.15, 0.2) is 6.61 Å². The van der Waals surface area contributed by atoms with E-state index in [1.54, 1.807) is 6.07 Å². The lowest BCUT2D eigenvalue weighted by Gasteiger charge is -2.21. The minimum atomic E-state index is -0.0674. The van der Waals surface area contributed by atoms with E-state index in [9.17, 15) is 4.79 Å². The second-order valence-corrected chi connectivity index (χ2v) is 6.92. The van der Waals surface area contributed by atoms with Gasteiger partial charge in [-0.3, -0.25) is 4.79 Å². The summed E-state index contributed by atoms with van der Waals surface area (Å²) in [5.41, 5.74) is 0.958. The number of amides is 1. The lowest BCUT2D eigenvalue weighted by molar-refractivity contribution is -0.123. The fourth-order valence-corrected chi connectivity index (χ4v) is 2.02. The highest BCUT2D eigenvalue weighted by Crippen LogP contribution is 2.24. The summed E-state index contributed by atoms with van der Waals surface area (Å²) in [7, 11) is 0. The van der Waals surface area contributed by atoms with Crippen molar-refractivity contribution in [1.29, 1.82) is 0 Å². The SMILES string of the molecule is CC(C)(C)NCc1cc(Cl)ccc1OCC(=O)NC1CC1. The summed E-state index contributed by atoms with van der Waals surface area (Å²) in [6.07, 6.45) is 2.15. The maximum Gasteiger partial charge on any atom is 0.258 e. The Morgan fingerprint density at radius 3 is 2.71 bits per heavy atom. The molecule has 0 bridgehead atoms. The van der Waals surface area contributed by atoms with Gasteiger partial charge in [0.1, 0.15) is 5.75 Å². The summed E-state index contributed by atoms with van der Waals surface area (Å²) in [5, 5.41) is 6.96. The molecule has 2 rings (SSSR count). The van der Waals surface area contributed by atoms with Crippen molar-refractivity contribution in [2.45, 2.75) is 51.7 Å². The molecule has 0 heterocycles. The highest BCUT2D eigenvalue weighted by molar-refractivity contribution is 6.30. The molecule has 1 fully saturated rings. The van der Waals surface area contributed by atoms with Gasteiger partial charge in [0.2, 0.25) is 0 Å². The Balaban J connectivity index is 1.94. The maximum absolute atomic E-state index is 11.7. The van der Waals surface area contributed by atoms with E-state index < -0.39 is 0 Å². The van der Waals surface area contributed by atoms with Crippen LogP contribution in [-0.4, -0.2) is 24.1 Å². The predicted molar refractivity (Wildman–Crippen MR) is 84.7 cm³/mol. The first kappa shape index (κ1) is 16.1. The van der Waals surface area contributed by atoms with E-state index in [1.807, 2.05) is 12.1 Å². The first-order chi connectivity index (χ1) is 9.83. The van der Waals surface area contributed by atoms with Crippen LogP contribution in [0.2, 0.25) is 5.02 Å². The van der Waals surface area contributed by atoms with Crippen molar-refractivity contribution in [1.82, 2.24) is 10.6 Å². The van der Waals surface area contributed by atoms with E-state index in [1.165, 1.54) is 0 Å². The average molecular weight is 311 g/mol. The molecular formula is C16H23ClN2O2. The van der Waals surface area contributed by atoms with Crippen LogP contribution in [0.25, 0.3) is 0 Å². The maximum atomic E-state index is 11.7. The third-order valence-corrected chi connectivity index (χ3v) is 3.37. The lowest BCUT2D eigenvalue weighted by atomic mass is 10.1. The fourth-order valence-electron chi connectivity index (χ4n) is 1.83. The number of benzene rings is 1. The summed E-state index contributed by atoms with van der Waals surface area (Å²) < 4.78 is 5.64. The third-order valence-electron chi connectivity index (χ3n) is 3.13. The predicted octanol–water partition coefficient (Wildman–Crippen LogP) is 2.89. The van der Waals surface area contributed by atoms with Crippen LogP contribution in [0.1, 0.15) is 39.2 Å². The Kier molecular flexibility index (Phi) is 5.12. The molecule has 0 aliphatic heterocycles. The molecule has 0 atom stereocenters. The molecule has 1 saturated carbocycles. The highest BCUT2D eigenvalue weighted by atomic mass is 35.5. The second-order valence-electron chi connectivity index (χ2n) is 6.49. The molecule has 0 unspecified atom stereocenters. The average Bonchev–Trinajstić information content (AvgIpc) is 3.18. The van der Waals surface area contributed by atoms with Gasteiger partial charge in [-0.1, -0.05) is 11.6 Å². The molecule has 2 N–H and O–H groups in total. The largest absolute Gasteiger partial charge is 0.483 e. The molecule has 21 heavy (non-hydrogen) atoms. The van der Waals surface area contributed by atoms with Gasteiger partial charge in [0.05, 0.1) is 0 Å². The van der Waals surface area contributed by atoms with Crippen LogP contribution in [0.3, 0.4) is 0 Å². The Bertz CT molecular complexity index is 507. The van der Waals surface area contributed by atoms with E-state index in [-0.39, 0.29) is 18.1 Å². The van der Waals surface area contributed by atoms with Gasteiger partial charge in [-0.2, -0.15) is 0 Å². The molecule has 1 aromatic rings. The summed E-state index contributed by atoms with van der Waals surface area (Å²) in [5.74, 6) is 0.629. The van der Waals surface area contributed by atoms with E-state index >= 15 is 0 Å². The summed E-state index contributed by atoms with van der Waals surface area (Å²) in [6, 6.07) is 5.81. The molecule has 1 aliphatic rings. The number of carbonyl (C=O) groups excluding carboxylic acids is 1. The number of nitrogens with one attached hydrogen (secondary N) is 2. The standard InChI is InChI=1S/C16H23ClN2O2/c1-16(2,3)18-9-11-8-12(17)4-7-14(11)21-10-15(20)19-13-5-6-13/h4,7-8,13,18H,5-6,9-10H2,1-3H3,(H,19,20). The second kappa shape index (κ2) is 6.67. The topological polar surface area (TPSA) is 50.4 Å². The van der Waals surface area contributed by atoms with Crippen molar-refractivity contribution in [3.63, 3.8) is 0 Å². The molecule has 4 nitrogen and oxygen atoms in total. The fraction of sp³-hybridized carbons (Fsp3) is 0.562. The van der Waals surface area contributed by atoms with Crippen LogP contribution in [0, 0.1) is 0 Å². The van der Waals surface area contributed by atoms with Crippen LogP contribution in [0.4, 0.5) is 0 Å². The first-order valence-corrected chi connectivity index (χ1v) is 7.67. The normalized spacial score (nSPS) is 14.9. The molecule has 0 saturated heterocycles. The van der Waals surface area contributed by atoms with Gasteiger partial charge in [0, 0.05) is 28.7 Å². The van der Waals surface area contributed by atoms with Crippen molar-refractivity contribution in [3.05, 3.63) is 28.8 Å². The Morgan fingerprint density at radius 1 is 1.38 bits per heavy atom. The van der Waals surface area contributed by atoms with Crippen LogP contribution in [-0.2, 0) is 11.3 Å². The molecule has 0 radical (unpaired) electrons. The van der Waals surface area contributed by atoms with Gasteiger partial charge in [-0.15, -0.1) is 0 Å². The molecular weight excluding hydrogens is 288 g/mol. The molecule has 0 spiro atoms. The smallest absolute Gasteiger partial charge is 0.258 e. The Labute approximate surface area is 131 Å². The minimum absolute atomic E-state index is 0.00291. The molecule has 116 valence electrons. The van der Waals surface area contributed by atoms with Gasteiger partial charge in [-0.25, -0.2) is 0 Å². The van der Waals surface area contributed by atoms with Crippen molar-refractivity contribution < 1.29 is 9.53 Å². The quantitative estimate of drug-likeness (QED) is 0.849. The van der Waals surface area contributed by atoms with Crippen molar-refractivity contribution in [3.8, 4) is 5.75 Å². The molecule has 1 aliphatic carbocycles. The van der Waals surface area contributed by atoms with E-state index in [4.69, 9.17) is 16.3 Å². The molecule has 1 aromatic carbocycles. The molecule has 1 amide bonds. The summed E-state index contributed by atoms with van der Waals surface area (Å²) in [4.78, 5) is 11.7. The van der Waals surface area contributed by atoms with Gasteiger partial charge in [-0.05, 0) is 51.8 Å². The van der Waals surface area contributed by atoms with Crippen molar-refractivity contribution in [2.75, 3.05) is 6.61 Å². The number of hydrogen-bond donors (Lipinski definition) is 2. The van der Waals surface area contributed by atoms with E-state index in [0.717, 1.165) is 18.4 Å². The molecule has 0 aromatic heterocycles. The van der Waals surface area contributed by atoms with Gasteiger partial charge in [0.25, 0.3) is 5.91 Å². The van der Waals surface area contributed by atoms with Gasteiger partial charge >= 0.3 is 0 Å². The zero-order valence-electron chi connectivity index (χ0n) is 12.8. The highest BCUT2D eigenvalue weighted by Gasteiger charge is 2.23. The van der Waals surface area contributed by atoms with Crippen molar-refractivity contribution in [2.24, 2.45) is 0 Å². The number of hydrogen-bond acceptors (Lipinski definition) is 3. The number of rotatable bonds is 6. The zero-order valence-corrected chi connectivity index (χ0v) is 13.6. The van der Waals surface area contributed by atoms with Crippen LogP contribution in [0.15, 0.2) is 18.2 Å². The minimum Gasteiger partial charge on any atom is -0.483 e. The number of halogens is 1. The summed E-state index contributed by atoms with van der Waals surface area (Å²) in [6.45, 7) is 6.98. The first-order valence-electron chi connectivity index (χ1n) is 7.29. The lowest BCUT2D eigenvalue weighted by Crippen LogP contribution is -2.35. The molecule has 5 heteroatoms. The van der Waals surface area contributed by atoms with Crippen LogP contribution < -0.4 is 15.4 Å². The Hall–Kier alpha value is -1.26. The third kappa shape index (κ3) is 5.94.